The quantitative estimate of drug-likeness (QED) is 0.636. The number of rotatable bonds is 5. The molecule has 0 fully saturated rings. The average Bonchev–Trinajstić information content (AvgIpc) is 2.61. The maximum absolute atomic E-state index is 12.3. The zero-order valence-electron chi connectivity index (χ0n) is 13.3. The summed E-state index contributed by atoms with van der Waals surface area (Å²) in [7, 11) is 0. The van der Waals surface area contributed by atoms with Crippen molar-refractivity contribution in [3.63, 3.8) is 0 Å². The second kappa shape index (κ2) is 7.58. The molecule has 3 aromatic rings. The molecule has 2 aromatic heterocycles. The largest absolute Gasteiger partial charge is 0.465 e. The summed E-state index contributed by atoms with van der Waals surface area (Å²) < 4.78 is 5.03. The molecule has 1 aromatic carbocycles. The molecule has 0 atom stereocenters. The normalized spacial score (nSPS) is 10.6. The highest BCUT2D eigenvalue weighted by molar-refractivity contribution is 7.21. The lowest BCUT2D eigenvalue weighted by Gasteiger charge is -2.22. The summed E-state index contributed by atoms with van der Waals surface area (Å²) >= 11 is 7.17. The molecule has 0 unspecified atom stereocenters. The second-order valence-electron chi connectivity index (χ2n) is 5.03. The van der Waals surface area contributed by atoms with Gasteiger partial charge < -0.3 is 9.64 Å². The van der Waals surface area contributed by atoms with Gasteiger partial charge in [-0.3, -0.25) is 9.59 Å². The van der Waals surface area contributed by atoms with E-state index in [1.165, 1.54) is 11.3 Å². The number of ether oxygens (including phenoxy) is 1. The van der Waals surface area contributed by atoms with Gasteiger partial charge in [-0.1, -0.05) is 22.9 Å². The van der Waals surface area contributed by atoms with Gasteiger partial charge in [0.2, 0.25) is 0 Å². The van der Waals surface area contributed by atoms with Crippen molar-refractivity contribution in [2.75, 3.05) is 18.1 Å². The van der Waals surface area contributed by atoms with Crippen LogP contribution in [-0.2, 0) is 9.53 Å². The molecule has 25 heavy (non-hydrogen) atoms. The lowest BCUT2D eigenvalue weighted by atomic mass is 10.3. The van der Waals surface area contributed by atoms with Gasteiger partial charge >= 0.3 is 5.97 Å². The first-order chi connectivity index (χ1) is 12.1. The summed E-state index contributed by atoms with van der Waals surface area (Å²) in [6, 6.07) is 10.3. The molecule has 2 heterocycles. The SMILES string of the molecule is CCOC(=O)CN(c1ccc(Cl)cc1)c1nc(=O)c2cccnc2s1. The van der Waals surface area contributed by atoms with E-state index in [2.05, 4.69) is 9.97 Å². The molecule has 128 valence electrons. The van der Waals surface area contributed by atoms with Crippen molar-refractivity contribution < 1.29 is 9.53 Å². The van der Waals surface area contributed by atoms with Crippen LogP contribution in [0, 0.1) is 0 Å². The highest BCUT2D eigenvalue weighted by Gasteiger charge is 2.18. The van der Waals surface area contributed by atoms with Crippen molar-refractivity contribution in [2.45, 2.75) is 6.92 Å². The first-order valence-electron chi connectivity index (χ1n) is 7.53. The van der Waals surface area contributed by atoms with Crippen molar-refractivity contribution in [3.8, 4) is 0 Å². The number of aromatic nitrogens is 2. The summed E-state index contributed by atoms with van der Waals surface area (Å²) in [6.07, 6.45) is 1.61. The molecule has 0 aliphatic carbocycles. The van der Waals surface area contributed by atoms with E-state index >= 15 is 0 Å². The molecule has 0 saturated heterocycles. The highest BCUT2D eigenvalue weighted by atomic mass is 35.5. The standard InChI is InChI=1S/C17H14ClN3O3S/c1-2-24-14(22)10-21(12-7-5-11(18)6-8-12)17-20-15(23)13-4-3-9-19-16(13)25-17/h3-9H,2,10H2,1H3. The molecule has 0 amide bonds. The first kappa shape index (κ1) is 17.3. The van der Waals surface area contributed by atoms with Crippen LogP contribution >= 0.6 is 22.9 Å². The average molecular weight is 376 g/mol. The second-order valence-corrected chi connectivity index (χ2v) is 6.42. The molecule has 0 radical (unpaired) electrons. The monoisotopic (exact) mass is 375 g/mol. The van der Waals surface area contributed by atoms with Gasteiger partial charge in [0, 0.05) is 16.9 Å². The number of anilines is 2. The Hall–Kier alpha value is -2.51. The van der Waals surface area contributed by atoms with E-state index in [1.807, 2.05) is 0 Å². The van der Waals surface area contributed by atoms with Crippen LogP contribution in [-0.4, -0.2) is 29.1 Å². The number of hydrogen-bond donors (Lipinski definition) is 0. The molecule has 0 aliphatic heterocycles. The van der Waals surface area contributed by atoms with Crippen LogP contribution in [0.3, 0.4) is 0 Å². The topological polar surface area (TPSA) is 72.4 Å². The number of nitrogens with zero attached hydrogens (tertiary/aromatic N) is 3. The van der Waals surface area contributed by atoms with E-state index in [0.29, 0.717) is 26.1 Å². The summed E-state index contributed by atoms with van der Waals surface area (Å²) in [4.78, 5) is 34.8. The van der Waals surface area contributed by atoms with Crippen LogP contribution in [0.2, 0.25) is 5.02 Å². The summed E-state index contributed by atoms with van der Waals surface area (Å²) in [5.41, 5.74) is 0.288. The minimum absolute atomic E-state index is 0.0727. The number of hydrogen-bond acceptors (Lipinski definition) is 7. The maximum Gasteiger partial charge on any atom is 0.326 e. The zero-order valence-corrected chi connectivity index (χ0v) is 14.9. The van der Waals surface area contributed by atoms with Crippen LogP contribution in [0.4, 0.5) is 10.8 Å². The Bertz CT molecular complexity index is 959. The Balaban J connectivity index is 2.08. The number of halogens is 1. The molecule has 0 N–H and O–H groups in total. The first-order valence-corrected chi connectivity index (χ1v) is 8.72. The van der Waals surface area contributed by atoms with Gasteiger partial charge in [0.1, 0.15) is 11.4 Å². The minimum atomic E-state index is -0.417. The van der Waals surface area contributed by atoms with Crippen LogP contribution < -0.4 is 10.5 Å². The van der Waals surface area contributed by atoms with E-state index in [-0.39, 0.29) is 18.7 Å². The van der Waals surface area contributed by atoms with Gasteiger partial charge in [-0.05, 0) is 43.3 Å². The molecule has 0 saturated carbocycles. The number of carbonyl (C=O) groups excluding carboxylic acids is 1. The smallest absolute Gasteiger partial charge is 0.326 e. The Morgan fingerprint density at radius 2 is 2.04 bits per heavy atom. The molecule has 3 rings (SSSR count). The molecular weight excluding hydrogens is 362 g/mol. The van der Waals surface area contributed by atoms with Crippen LogP contribution in [0.15, 0.2) is 47.4 Å². The van der Waals surface area contributed by atoms with Crippen molar-refractivity contribution in [3.05, 3.63) is 58.0 Å². The predicted molar refractivity (Wildman–Crippen MR) is 98.8 cm³/mol. The fourth-order valence-electron chi connectivity index (χ4n) is 2.23. The molecule has 0 aliphatic rings. The number of carbonyl (C=O) groups is 1. The van der Waals surface area contributed by atoms with E-state index in [9.17, 15) is 9.59 Å². The van der Waals surface area contributed by atoms with Crippen LogP contribution in [0.25, 0.3) is 10.2 Å². The number of esters is 1. The zero-order chi connectivity index (χ0) is 17.8. The minimum Gasteiger partial charge on any atom is -0.465 e. The Morgan fingerprint density at radius 1 is 1.28 bits per heavy atom. The van der Waals surface area contributed by atoms with Crippen molar-refractivity contribution >= 4 is 49.9 Å². The lowest BCUT2D eigenvalue weighted by Crippen LogP contribution is -2.28. The lowest BCUT2D eigenvalue weighted by molar-refractivity contribution is -0.141. The number of fused-ring (bicyclic) bond motifs is 1. The van der Waals surface area contributed by atoms with Gasteiger partial charge in [-0.2, -0.15) is 4.98 Å². The van der Waals surface area contributed by atoms with Gasteiger partial charge in [0.15, 0.2) is 5.13 Å². The fourth-order valence-corrected chi connectivity index (χ4v) is 3.32. The van der Waals surface area contributed by atoms with E-state index in [4.69, 9.17) is 16.3 Å². The van der Waals surface area contributed by atoms with E-state index in [0.717, 1.165) is 0 Å². The number of pyridine rings is 1. The summed E-state index contributed by atoms with van der Waals surface area (Å²) in [6.45, 7) is 1.94. The third kappa shape index (κ3) is 3.94. The molecule has 0 spiro atoms. The molecule has 0 bridgehead atoms. The predicted octanol–water partition coefficient (Wildman–Crippen LogP) is 3.41. The molecular formula is C17H14ClN3O3S. The Morgan fingerprint density at radius 3 is 2.76 bits per heavy atom. The Kier molecular flexibility index (Phi) is 5.25. The van der Waals surface area contributed by atoms with E-state index < -0.39 is 5.97 Å². The van der Waals surface area contributed by atoms with Crippen LogP contribution in [0.1, 0.15) is 6.92 Å². The van der Waals surface area contributed by atoms with E-state index in [1.54, 1.807) is 54.4 Å². The number of benzene rings is 1. The van der Waals surface area contributed by atoms with Gasteiger partial charge in [0.25, 0.3) is 5.56 Å². The van der Waals surface area contributed by atoms with Gasteiger partial charge in [-0.15, -0.1) is 0 Å². The maximum atomic E-state index is 12.3. The Labute approximate surface area is 152 Å². The molecule has 6 nitrogen and oxygen atoms in total. The van der Waals surface area contributed by atoms with Crippen molar-refractivity contribution in [1.82, 2.24) is 9.97 Å². The van der Waals surface area contributed by atoms with Gasteiger partial charge in [-0.25, -0.2) is 4.98 Å². The third-order valence-electron chi connectivity index (χ3n) is 3.35. The van der Waals surface area contributed by atoms with Crippen molar-refractivity contribution in [2.24, 2.45) is 0 Å². The fraction of sp³-hybridized carbons (Fsp3) is 0.176. The summed E-state index contributed by atoms with van der Waals surface area (Å²) in [5.74, 6) is -0.417. The summed E-state index contributed by atoms with van der Waals surface area (Å²) in [5, 5.41) is 1.39. The van der Waals surface area contributed by atoms with Crippen LogP contribution in [0.5, 0.6) is 0 Å². The highest BCUT2D eigenvalue weighted by Crippen LogP contribution is 2.29. The van der Waals surface area contributed by atoms with Gasteiger partial charge in [0.05, 0.1) is 12.0 Å². The third-order valence-corrected chi connectivity index (χ3v) is 4.61. The van der Waals surface area contributed by atoms with Crippen molar-refractivity contribution in [1.29, 1.82) is 0 Å². The molecule has 8 heteroatoms.